The van der Waals surface area contributed by atoms with E-state index in [1.54, 1.807) is 24.3 Å². The second-order valence-corrected chi connectivity index (χ2v) is 7.48. The van der Waals surface area contributed by atoms with Crippen molar-refractivity contribution in [2.75, 3.05) is 6.26 Å². The lowest BCUT2D eigenvalue weighted by molar-refractivity contribution is 0.0995. The molecule has 1 heterocycles. The summed E-state index contributed by atoms with van der Waals surface area (Å²) in [6.07, 6.45) is 1.12. The van der Waals surface area contributed by atoms with Crippen LogP contribution in [0.3, 0.4) is 0 Å². The van der Waals surface area contributed by atoms with Crippen molar-refractivity contribution < 1.29 is 17.6 Å². The highest BCUT2D eigenvalue weighted by atomic mass is 32.2. The van der Waals surface area contributed by atoms with E-state index < -0.39 is 15.7 Å². The Hall–Kier alpha value is -3.00. The van der Waals surface area contributed by atoms with E-state index in [2.05, 4.69) is 5.10 Å². The number of benzene rings is 2. The minimum atomic E-state index is -3.32. The predicted molar refractivity (Wildman–Crippen MR) is 90.6 cm³/mol. The van der Waals surface area contributed by atoms with Crippen LogP contribution < -0.4 is 5.73 Å². The minimum absolute atomic E-state index is 0.0477. The van der Waals surface area contributed by atoms with Gasteiger partial charge in [-0.15, -0.1) is 0 Å². The van der Waals surface area contributed by atoms with Crippen molar-refractivity contribution in [3.05, 3.63) is 66.1 Å². The van der Waals surface area contributed by atoms with Crippen LogP contribution in [-0.4, -0.2) is 30.4 Å². The Kier molecular flexibility index (Phi) is 4.13. The van der Waals surface area contributed by atoms with Gasteiger partial charge >= 0.3 is 0 Å². The molecule has 3 aromatic rings. The standard InChI is InChI=1S/C17H14FN3O3S/c1-25(23,24)14-8-6-13(7-9-14)21-16(10-15(20-21)17(19)22)11-2-4-12(18)5-3-11/h2-10H,1H3,(H2,19,22). The van der Waals surface area contributed by atoms with E-state index >= 15 is 0 Å². The lowest BCUT2D eigenvalue weighted by Gasteiger charge is -2.08. The van der Waals surface area contributed by atoms with Crippen molar-refractivity contribution >= 4 is 15.7 Å². The van der Waals surface area contributed by atoms with Gasteiger partial charge in [0.25, 0.3) is 5.91 Å². The summed E-state index contributed by atoms with van der Waals surface area (Å²) < 4.78 is 37.8. The van der Waals surface area contributed by atoms with Gasteiger partial charge in [-0.05, 0) is 54.6 Å². The second kappa shape index (κ2) is 6.14. The maximum Gasteiger partial charge on any atom is 0.269 e. The Morgan fingerprint density at radius 1 is 1.08 bits per heavy atom. The molecule has 25 heavy (non-hydrogen) atoms. The van der Waals surface area contributed by atoms with Crippen LogP contribution in [0.15, 0.2) is 59.5 Å². The van der Waals surface area contributed by atoms with Gasteiger partial charge in [0.2, 0.25) is 0 Å². The van der Waals surface area contributed by atoms with Crippen LogP contribution in [0.4, 0.5) is 4.39 Å². The van der Waals surface area contributed by atoms with E-state index in [9.17, 15) is 17.6 Å². The number of carbonyl (C=O) groups excluding carboxylic acids is 1. The van der Waals surface area contributed by atoms with Gasteiger partial charge in [-0.2, -0.15) is 5.10 Å². The number of hydrogen-bond donors (Lipinski definition) is 1. The molecule has 3 rings (SSSR count). The molecule has 0 aliphatic carbocycles. The normalized spacial score (nSPS) is 11.4. The summed E-state index contributed by atoms with van der Waals surface area (Å²) in [6, 6.07) is 13.2. The summed E-state index contributed by atoms with van der Waals surface area (Å²) >= 11 is 0. The Morgan fingerprint density at radius 3 is 2.20 bits per heavy atom. The van der Waals surface area contributed by atoms with Crippen molar-refractivity contribution in [3.8, 4) is 16.9 Å². The van der Waals surface area contributed by atoms with Gasteiger partial charge in [0, 0.05) is 11.8 Å². The second-order valence-electron chi connectivity index (χ2n) is 5.46. The molecule has 0 bridgehead atoms. The molecule has 0 radical (unpaired) electrons. The Bertz CT molecular complexity index is 1040. The van der Waals surface area contributed by atoms with Gasteiger partial charge in [0.15, 0.2) is 15.5 Å². The SMILES string of the molecule is CS(=O)(=O)c1ccc(-n2nc(C(N)=O)cc2-c2ccc(F)cc2)cc1. The van der Waals surface area contributed by atoms with Crippen molar-refractivity contribution in [2.24, 2.45) is 5.73 Å². The van der Waals surface area contributed by atoms with Gasteiger partial charge in [-0.3, -0.25) is 4.79 Å². The number of halogens is 1. The molecule has 6 nitrogen and oxygen atoms in total. The maximum atomic E-state index is 13.2. The van der Waals surface area contributed by atoms with Gasteiger partial charge in [0.05, 0.1) is 16.3 Å². The quantitative estimate of drug-likeness (QED) is 0.772. The highest BCUT2D eigenvalue weighted by Gasteiger charge is 2.15. The first kappa shape index (κ1) is 16.8. The summed E-state index contributed by atoms with van der Waals surface area (Å²) in [5, 5.41) is 4.17. The average molecular weight is 359 g/mol. The number of carbonyl (C=O) groups is 1. The first-order chi connectivity index (χ1) is 11.8. The molecule has 8 heteroatoms. The van der Waals surface area contributed by atoms with Crippen LogP contribution in [0.5, 0.6) is 0 Å². The van der Waals surface area contributed by atoms with Crippen LogP contribution in [-0.2, 0) is 9.84 Å². The molecular formula is C17H14FN3O3S. The molecule has 0 fully saturated rings. The molecule has 128 valence electrons. The molecular weight excluding hydrogens is 345 g/mol. The monoisotopic (exact) mass is 359 g/mol. The third-order valence-electron chi connectivity index (χ3n) is 3.61. The van der Waals surface area contributed by atoms with Crippen molar-refractivity contribution in [3.63, 3.8) is 0 Å². The van der Waals surface area contributed by atoms with Crippen molar-refractivity contribution in [1.29, 1.82) is 0 Å². The fourth-order valence-corrected chi connectivity index (χ4v) is 2.99. The summed E-state index contributed by atoms with van der Waals surface area (Å²) in [5.41, 5.74) is 7.05. The highest BCUT2D eigenvalue weighted by Crippen LogP contribution is 2.25. The van der Waals surface area contributed by atoms with Crippen molar-refractivity contribution in [2.45, 2.75) is 4.90 Å². The molecule has 0 unspecified atom stereocenters. The van der Waals surface area contributed by atoms with Crippen LogP contribution in [0.2, 0.25) is 0 Å². The number of aromatic nitrogens is 2. The maximum absolute atomic E-state index is 13.2. The van der Waals surface area contributed by atoms with E-state index in [0.29, 0.717) is 16.9 Å². The zero-order valence-corrected chi connectivity index (χ0v) is 14.0. The largest absolute Gasteiger partial charge is 0.364 e. The Balaban J connectivity index is 2.14. The number of primary amides is 1. The summed E-state index contributed by atoms with van der Waals surface area (Å²) in [7, 11) is -3.32. The van der Waals surface area contributed by atoms with Gasteiger partial charge in [0.1, 0.15) is 5.82 Å². The van der Waals surface area contributed by atoms with Crippen LogP contribution in [0.1, 0.15) is 10.5 Å². The minimum Gasteiger partial charge on any atom is -0.364 e. The first-order valence-electron chi connectivity index (χ1n) is 7.22. The predicted octanol–water partition coefficient (Wildman–Crippen LogP) is 2.18. The number of sulfone groups is 1. The molecule has 2 aromatic carbocycles. The third kappa shape index (κ3) is 3.43. The summed E-state index contributed by atoms with van der Waals surface area (Å²) in [5.74, 6) is -1.09. The molecule has 1 amide bonds. The lowest BCUT2D eigenvalue weighted by Crippen LogP contribution is -2.12. The highest BCUT2D eigenvalue weighted by molar-refractivity contribution is 7.90. The van der Waals surface area contributed by atoms with Crippen LogP contribution in [0, 0.1) is 5.82 Å². The Labute approximate surface area is 143 Å². The molecule has 2 N–H and O–H groups in total. The summed E-state index contributed by atoms with van der Waals surface area (Å²) in [4.78, 5) is 11.6. The lowest BCUT2D eigenvalue weighted by atomic mass is 10.1. The number of rotatable bonds is 4. The molecule has 0 saturated carbocycles. The zero-order valence-electron chi connectivity index (χ0n) is 13.2. The van der Waals surface area contributed by atoms with E-state index in [0.717, 1.165) is 6.26 Å². The average Bonchev–Trinajstić information content (AvgIpc) is 3.00. The van der Waals surface area contributed by atoms with Gasteiger partial charge in [-0.25, -0.2) is 17.5 Å². The number of hydrogen-bond acceptors (Lipinski definition) is 4. The fraction of sp³-hybridized carbons (Fsp3) is 0.0588. The summed E-state index contributed by atoms with van der Waals surface area (Å²) in [6.45, 7) is 0. The van der Waals surface area contributed by atoms with Crippen LogP contribution in [0.25, 0.3) is 16.9 Å². The first-order valence-corrected chi connectivity index (χ1v) is 9.11. The molecule has 0 atom stereocenters. The van der Waals surface area contributed by atoms with E-state index in [1.807, 2.05) is 0 Å². The van der Waals surface area contributed by atoms with Crippen molar-refractivity contribution in [1.82, 2.24) is 9.78 Å². The van der Waals surface area contributed by atoms with E-state index in [-0.39, 0.29) is 16.4 Å². The van der Waals surface area contributed by atoms with Gasteiger partial charge < -0.3 is 5.73 Å². The fourth-order valence-electron chi connectivity index (χ4n) is 2.36. The molecule has 1 aromatic heterocycles. The van der Waals surface area contributed by atoms with Gasteiger partial charge in [-0.1, -0.05) is 0 Å². The number of amides is 1. The Morgan fingerprint density at radius 2 is 1.68 bits per heavy atom. The molecule has 0 aliphatic rings. The number of nitrogens with two attached hydrogens (primary N) is 1. The molecule has 0 saturated heterocycles. The van der Waals surface area contributed by atoms with E-state index in [4.69, 9.17) is 5.73 Å². The smallest absolute Gasteiger partial charge is 0.269 e. The molecule has 0 aliphatic heterocycles. The number of nitrogens with zero attached hydrogens (tertiary/aromatic N) is 2. The third-order valence-corrected chi connectivity index (χ3v) is 4.74. The topological polar surface area (TPSA) is 95.1 Å². The van der Waals surface area contributed by atoms with E-state index in [1.165, 1.54) is 35.0 Å². The molecule has 0 spiro atoms. The zero-order chi connectivity index (χ0) is 18.2. The van der Waals surface area contributed by atoms with Crippen LogP contribution >= 0.6 is 0 Å².